The van der Waals surface area contributed by atoms with Gasteiger partial charge in [-0.05, 0) is 48.6 Å². The number of hydrogen-bond donors (Lipinski definition) is 2. The van der Waals surface area contributed by atoms with Gasteiger partial charge < -0.3 is 4.98 Å². The SMILES string of the molecule is Cc1cc2cc(NS(=O)(=O)c3ccc([N+](=O)[O-])s3)ccc2[nH]1. The Balaban J connectivity index is 1.92. The average molecular weight is 337 g/mol. The summed E-state index contributed by atoms with van der Waals surface area (Å²) < 4.78 is 26.8. The monoisotopic (exact) mass is 337 g/mol. The second-order valence-electron chi connectivity index (χ2n) is 4.71. The van der Waals surface area contributed by atoms with Gasteiger partial charge in [0.2, 0.25) is 0 Å². The van der Waals surface area contributed by atoms with Crippen LogP contribution in [-0.4, -0.2) is 18.3 Å². The zero-order chi connectivity index (χ0) is 15.9. The molecular formula is C13H11N3O4S2. The first kappa shape index (κ1) is 14.5. The molecule has 0 aliphatic heterocycles. The lowest BCUT2D eigenvalue weighted by Gasteiger charge is -2.05. The molecule has 3 rings (SSSR count). The third-order valence-electron chi connectivity index (χ3n) is 3.02. The molecule has 22 heavy (non-hydrogen) atoms. The molecule has 3 aromatic rings. The van der Waals surface area contributed by atoms with Crippen LogP contribution < -0.4 is 4.72 Å². The lowest BCUT2D eigenvalue weighted by Crippen LogP contribution is -2.11. The van der Waals surface area contributed by atoms with E-state index in [9.17, 15) is 18.5 Å². The number of nitrogens with one attached hydrogen (secondary N) is 2. The van der Waals surface area contributed by atoms with E-state index < -0.39 is 14.9 Å². The van der Waals surface area contributed by atoms with Crippen molar-refractivity contribution >= 4 is 43.0 Å². The number of aromatic nitrogens is 1. The Morgan fingerprint density at radius 2 is 2.00 bits per heavy atom. The van der Waals surface area contributed by atoms with E-state index in [0.717, 1.165) is 16.6 Å². The predicted molar refractivity (Wildman–Crippen MR) is 84.8 cm³/mol. The summed E-state index contributed by atoms with van der Waals surface area (Å²) in [7, 11) is -3.83. The van der Waals surface area contributed by atoms with Gasteiger partial charge in [-0.15, -0.1) is 0 Å². The van der Waals surface area contributed by atoms with Crippen LogP contribution in [-0.2, 0) is 10.0 Å². The van der Waals surface area contributed by atoms with E-state index in [1.165, 1.54) is 12.1 Å². The van der Waals surface area contributed by atoms with Crippen LogP contribution in [0.25, 0.3) is 10.9 Å². The molecule has 0 saturated heterocycles. The summed E-state index contributed by atoms with van der Waals surface area (Å²) in [6.45, 7) is 1.91. The lowest BCUT2D eigenvalue weighted by molar-refractivity contribution is -0.380. The van der Waals surface area contributed by atoms with Crippen molar-refractivity contribution in [3.8, 4) is 0 Å². The second-order valence-corrected chi connectivity index (χ2v) is 7.68. The van der Waals surface area contributed by atoms with Crippen molar-refractivity contribution in [2.24, 2.45) is 0 Å². The zero-order valence-corrected chi connectivity index (χ0v) is 13.0. The van der Waals surface area contributed by atoms with E-state index in [2.05, 4.69) is 9.71 Å². The summed E-state index contributed by atoms with van der Waals surface area (Å²) in [6, 6.07) is 9.43. The summed E-state index contributed by atoms with van der Waals surface area (Å²) in [5.41, 5.74) is 2.29. The third-order valence-corrected chi connectivity index (χ3v) is 5.93. The van der Waals surface area contributed by atoms with Crippen LogP contribution in [0.3, 0.4) is 0 Å². The summed E-state index contributed by atoms with van der Waals surface area (Å²) in [4.78, 5) is 13.2. The first-order chi connectivity index (χ1) is 10.3. The molecule has 1 aromatic carbocycles. The van der Waals surface area contributed by atoms with E-state index in [0.29, 0.717) is 17.0 Å². The highest BCUT2D eigenvalue weighted by atomic mass is 32.2. The van der Waals surface area contributed by atoms with Crippen LogP contribution in [0.15, 0.2) is 40.6 Å². The Bertz CT molecular complexity index is 972. The van der Waals surface area contributed by atoms with Crippen molar-refractivity contribution in [1.29, 1.82) is 0 Å². The Morgan fingerprint density at radius 3 is 2.68 bits per heavy atom. The number of sulfonamides is 1. The summed E-state index contributed by atoms with van der Waals surface area (Å²) in [5.74, 6) is 0. The van der Waals surface area contributed by atoms with Gasteiger partial charge in [-0.2, -0.15) is 0 Å². The average Bonchev–Trinajstić information content (AvgIpc) is 3.03. The van der Waals surface area contributed by atoms with E-state index in [-0.39, 0.29) is 9.21 Å². The molecule has 0 aliphatic carbocycles. The highest BCUT2D eigenvalue weighted by molar-refractivity contribution is 7.94. The highest BCUT2D eigenvalue weighted by Crippen LogP contribution is 2.29. The van der Waals surface area contributed by atoms with Gasteiger partial charge in [0, 0.05) is 28.4 Å². The van der Waals surface area contributed by atoms with Crippen molar-refractivity contribution < 1.29 is 13.3 Å². The normalized spacial score (nSPS) is 11.7. The molecule has 2 aromatic heterocycles. The minimum Gasteiger partial charge on any atom is -0.359 e. The molecule has 0 aliphatic rings. The van der Waals surface area contributed by atoms with E-state index in [1.807, 2.05) is 13.0 Å². The third kappa shape index (κ3) is 2.68. The predicted octanol–water partition coefficient (Wildman–Crippen LogP) is 3.25. The molecule has 0 radical (unpaired) electrons. The van der Waals surface area contributed by atoms with E-state index >= 15 is 0 Å². The molecule has 9 heteroatoms. The van der Waals surface area contributed by atoms with Gasteiger partial charge in [-0.25, -0.2) is 8.42 Å². The number of hydrogen-bond acceptors (Lipinski definition) is 5. The minimum atomic E-state index is -3.83. The second kappa shape index (κ2) is 5.11. The molecule has 0 atom stereocenters. The van der Waals surface area contributed by atoms with Gasteiger partial charge in [-0.1, -0.05) is 0 Å². The van der Waals surface area contributed by atoms with Crippen LogP contribution in [0.4, 0.5) is 10.7 Å². The first-order valence-electron chi connectivity index (χ1n) is 6.21. The lowest BCUT2D eigenvalue weighted by atomic mass is 10.2. The number of H-pyrrole nitrogens is 1. The standard InChI is InChI=1S/C13H11N3O4S2/c1-8-6-9-7-10(2-3-11(9)14-8)15-22(19,20)13-5-4-12(21-13)16(17)18/h2-7,14-15H,1H3. The summed E-state index contributed by atoms with van der Waals surface area (Å²) >= 11 is 0.619. The molecule has 2 N–H and O–H groups in total. The number of thiophene rings is 1. The molecule has 7 nitrogen and oxygen atoms in total. The fourth-order valence-corrected chi connectivity index (χ4v) is 4.26. The van der Waals surface area contributed by atoms with Crippen LogP contribution >= 0.6 is 11.3 Å². The fraction of sp³-hybridized carbons (Fsp3) is 0.0769. The fourth-order valence-electron chi connectivity index (χ4n) is 2.10. The maximum Gasteiger partial charge on any atom is 0.325 e. The Morgan fingerprint density at radius 1 is 1.23 bits per heavy atom. The number of benzene rings is 1. The largest absolute Gasteiger partial charge is 0.359 e. The number of aromatic amines is 1. The number of fused-ring (bicyclic) bond motifs is 1. The van der Waals surface area contributed by atoms with Crippen LogP contribution in [0, 0.1) is 17.0 Å². The Labute approximate surface area is 129 Å². The van der Waals surface area contributed by atoms with Crippen LogP contribution in [0.5, 0.6) is 0 Å². The van der Waals surface area contributed by atoms with Gasteiger partial charge >= 0.3 is 5.00 Å². The van der Waals surface area contributed by atoms with Crippen LogP contribution in [0.2, 0.25) is 0 Å². The van der Waals surface area contributed by atoms with Crippen molar-refractivity contribution in [1.82, 2.24) is 4.98 Å². The number of nitrogens with zero attached hydrogens (tertiary/aromatic N) is 1. The Hall–Kier alpha value is -2.39. The van der Waals surface area contributed by atoms with Gasteiger partial charge in [-0.3, -0.25) is 14.8 Å². The maximum absolute atomic E-state index is 12.2. The molecule has 0 unspecified atom stereocenters. The van der Waals surface area contributed by atoms with Crippen molar-refractivity contribution in [2.45, 2.75) is 11.1 Å². The summed E-state index contributed by atoms with van der Waals surface area (Å²) in [5, 5.41) is 11.3. The number of rotatable bonds is 4. The topological polar surface area (TPSA) is 105 Å². The molecule has 0 saturated carbocycles. The minimum absolute atomic E-state index is 0.0930. The van der Waals surface area contributed by atoms with E-state index in [1.54, 1.807) is 18.2 Å². The molecule has 0 spiro atoms. The van der Waals surface area contributed by atoms with Crippen molar-refractivity contribution in [3.63, 3.8) is 0 Å². The van der Waals surface area contributed by atoms with Gasteiger partial charge in [0.1, 0.15) is 4.21 Å². The quantitative estimate of drug-likeness (QED) is 0.563. The van der Waals surface area contributed by atoms with Crippen LogP contribution in [0.1, 0.15) is 5.69 Å². The molecule has 0 fully saturated rings. The number of nitro groups is 1. The van der Waals surface area contributed by atoms with Gasteiger partial charge in [0.25, 0.3) is 10.0 Å². The number of anilines is 1. The molecule has 0 amide bonds. The highest BCUT2D eigenvalue weighted by Gasteiger charge is 2.21. The zero-order valence-electron chi connectivity index (χ0n) is 11.4. The molecular weight excluding hydrogens is 326 g/mol. The Kier molecular flexibility index (Phi) is 3.38. The summed E-state index contributed by atoms with van der Waals surface area (Å²) in [6.07, 6.45) is 0. The first-order valence-corrected chi connectivity index (χ1v) is 8.51. The van der Waals surface area contributed by atoms with Gasteiger partial charge in [0.15, 0.2) is 0 Å². The van der Waals surface area contributed by atoms with Crippen molar-refractivity contribution in [2.75, 3.05) is 4.72 Å². The smallest absolute Gasteiger partial charge is 0.325 e. The number of aryl methyl sites for hydroxylation is 1. The maximum atomic E-state index is 12.2. The molecule has 0 bridgehead atoms. The van der Waals surface area contributed by atoms with Crippen molar-refractivity contribution in [3.05, 3.63) is 52.2 Å². The van der Waals surface area contributed by atoms with Gasteiger partial charge in [0.05, 0.1) is 4.92 Å². The molecule has 114 valence electrons. The van der Waals surface area contributed by atoms with E-state index in [4.69, 9.17) is 0 Å². The molecule has 2 heterocycles.